The quantitative estimate of drug-likeness (QED) is 0.903. The van der Waals surface area contributed by atoms with Crippen molar-refractivity contribution in [3.05, 3.63) is 35.4 Å². The predicted molar refractivity (Wildman–Crippen MR) is 77.6 cm³/mol. The fraction of sp³-hybridized carbons (Fsp3) is 0.562. The lowest BCUT2D eigenvalue weighted by Crippen LogP contribution is -2.39. The number of amides is 1. The summed E-state index contributed by atoms with van der Waals surface area (Å²) in [6, 6.07) is 8.04. The Hall–Kier alpha value is -1.35. The standard InChI is InChI=1S/C16H24N2O/c1-2-13-7-9-18(10-8-13)16(19)11-14-3-5-15(12-17)6-4-14/h3-6,13H,2,7-12,17H2,1H3. The van der Waals surface area contributed by atoms with Gasteiger partial charge < -0.3 is 10.6 Å². The summed E-state index contributed by atoms with van der Waals surface area (Å²) >= 11 is 0. The number of likely N-dealkylation sites (tertiary alicyclic amines) is 1. The zero-order valence-electron chi connectivity index (χ0n) is 11.8. The fourth-order valence-corrected chi connectivity index (χ4v) is 2.67. The molecule has 3 heteroatoms. The van der Waals surface area contributed by atoms with Gasteiger partial charge in [-0.2, -0.15) is 0 Å². The lowest BCUT2D eigenvalue weighted by molar-refractivity contribution is -0.131. The highest BCUT2D eigenvalue weighted by Gasteiger charge is 2.21. The number of carbonyl (C=O) groups excluding carboxylic acids is 1. The van der Waals surface area contributed by atoms with Crippen molar-refractivity contribution in [2.45, 2.75) is 39.2 Å². The van der Waals surface area contributed by atoms with Gasteiger partial charge in [0.15, 0.2) is 0 Å². The van der Waals surface area contributed by atoms with Gasteiger partial charge in [0.1, 0.15) is 0 Å². The van der Waals surface area contributed by atoms with Crippen LogP contribution in [0.1, 0.15) is 37.3 Å². The Bertz CT molecular complexity index is 405. The van der Waals surface area contributed by atoms with Gasteiger partial charge in [-0.3, -0.25) is 4.79 Å². The summed E-state index contributed by atoms with van der Waals surface area (Å²) < 4.78 is 0. The van der Waals surface area contributed by atoms with Crippen LogP contribution in [0.5, 0.6) is 0 Å². The van der Waals surface area contributed by atoms with E-state index >= 15 is 0 Å². The van der Waals surface area contributed by atoms with Crippen LogP contribution in [-0.2, 0) is 17.8 Å². The molecule has 0 radical (unpaired) electrons. The summed E-state index contributed by atoms with van der Waals surface area (Å²) in [6.07, 6.45) is 4.08. The number of hydrogen-bond acceptors (Lipinski definition) is 2. The van der Waals surface area contributed by atoms with Crippen molar-refractivity contribution in [3.8, 4) is 0 Å². The molecule has 1 saturated heterocycles. The molecule has 1 aromatic carbocycles. The molecule has 1 fully saturated rings. The van der Waals surface area contributed by atoms with E-state index in [2.05, 4.69) is 6.92 Å². The molecule has 19 heavy (non-hydrogen) atoms. The summed E-state index contributed by atoms with van der Waals surface area (Å²) in [7, 11) is 0. The normalized spacial score (nSPS) is 16.6. The second-order valence-corrected chi connectivity index (χ2v) is 5.43. The zero-order chi connectivity index (χ0) is 13.7. The van der Waals surface area contributed by atoms with E-state index in [9.17, 15) is 4.79 Å². The van der Waals surface area contributed by atoms with Crippen LogP contribution in [0.3, 0.4) is 0 Å². The number of rotatable bonds is 4. The Kier molecular flexibility index (Phi) is 4.97. The van der Waals surface area contributed by atoms with Gasteiger partial charge in [-0.1, -0.05) is 37.6 Å². The third-order valence-electron chi connectivity index (χ3n) is 4.16. The summed E-state index contributed by atoms with van der Waals surface area (Å²) in [6.45, 7) is 4.65. The van der Waals surface area contributed by atoms with Gasteiger partial charge in [0.05, 0.1) is 6.42 Å². The van der Waals surface area contributed by atoms with Gasteiger partial charge in [-0.05, 0) is 29.9 Å². The van der Waals surface area contributed by atoms with Gasteiger partial charge >= 0.3 is 0 Å². The van der Waals surface area contributed by atoms with Crippen molar-refractivity contribution in [2.75, 3.05) is 13.1 Å². The monoisotopic (exact) mass is 260 g/mol. The van der Waals surface area contributed by atoms with Gasteiger partial charge in [0.25, 0.3) is 0 Å². The van der Waals surface area contributed by atoms with Gasteiger partial charge in [-0.15, -0.1) is 0 Å². The number of hydrogen-bond donors (Lipinski definition) is 1. The molecule has 0 aliphatic carbocycles. The molecule has 104 valence electrons. The predicted octanol–water partition coefficient (Wildman–Crippen LogP) is 2.34. The number of carbonyl (C=O) groups is 1. The summed E-state index contributed by atoms with van der Waals surface area (Å²) in [5.74, 6) is 1.07. The minimum atomic E-state index is 0.259. The molecule has 0 atom stereocenters. The van der Waals surface area contributed by atoms with E-state index in [1.54, 1.807) is 0 Å². The number of nitrogens with zero attached hydrogens (tertiary/aromatic N) is 1. The Balaban J connectivity index is 1.86. The van der Waals surface area contributed by atoms with Gasteiger partial charge in [0.2, 0.25) is 5.91 Å². The minimum Gasteiger partial charge on any atom is -0.342 e. The minimum absolute atomic E-state index is 0.259. The first-order valence-corrected chi connectivity index (χ1v) is 7.28. The van der Waals surface area contributed by atoms with E-state index in [0.717, 1.165) is 43.0 Å². The molecule has 0 aromatic heterocycles. The average molecular weight is 260 g/mol. The summed E-state index contributed by atoms with van der Waals surface area (Å²) in [5.41, 5.74) is 7.76. The smallest absolute Gasteiger partial charge is 0.226 e. The molecule has 0 saturated carbocycles. The zero-order valence-corrected chi connectivity index (χ0v) is 11.8. The highest BCUT2D eigenvalue weighted by atomic mass is 16.2. The molecular weight excluding hydrogens is 236 g/mol. The van der Waals surface area contributed by atoms with E-state index in [1.165, 1.54) is 6.42 Å². The lowest BCUT2D eigenvalue weighted by atomic mass is 9.94. The van der Waals surface area contributed by atoms with Crippen LogP contribution in [-0.4, -0.2) is 23.9 Å². The average Bonchev–Trinajstić information content (AvgIpc) is 2.48. The van der Waals surface area contributed by atoms with Crippen molar-refractivity contribution in [3.63, 3.8) is 0 Å². The maximum absolute atomic E-state index is 12.2. The highest BCUT2D eigenvalue weighted by Crippen LogP contribution is 2.20. The molecule has 1 aliphatic rings. The molecule has 1 heterocycles. The Morgan fingerprint density at radius 1 is 1.21 bits per heavy atom. The van der Waals surface area contributed by atoms with Crippen LogP contribution in [0.4, 0.5) is 0 Å². The molecular formula is C16H24N2O. The van der Waals surface area contributed by atoms with Crippen LogP contribution in [0.2, 0.25) is 0 Å². The molecule has 2 N–H and O–H groups in total. The lowest BCUT2D eigenvalue weighted by Gasteiger charge is -2.31. The van der Waals surface area contributed by atoms with E-state index in [4.69, 9.17) is 5.73 Å². The van der Waals surface area contributed by atoms with Crippen molar-refractivity contribution in [2.24, 2.45) is 11.7 Å². The molecule has 1 aromatic rings. The summed E-state index contributed by atoms with van der Waals surface area (Å²) in [5, 5.41) is 0. The van der Waals surface area contributed by atoms with Crippen LogP contribution < -0.4 is 5.73 Å². The molecule has 0 spiro atoms. The second kappa shape index (κ2) is 6.71. The number of nitrogens with two attached hydrogens (primary N) is 1. The van der Waals surface area contributed by atoms with Crippen LogP contribution in [0.15, 0.2) is 24.3 Å². The van der Waals surface area contributed by atoms with Crippen molar-refractivity contribution in [1.82, 2.24) is 4.90 Å². The second-order valence-electron chi connectivity index (χ2n) is 5.43. The van der Waals surface area contributed by atoms with E-state index < -0.39 is 0 Å². The first kappa shape index (κ1) is 14.1. The molecule has 0 bridgehead atoms. The van der Waals surface area contributed by atoms with Crippen LogP contribution in [0, 0.1) is 5.92 Å². The Labute approximate surface area is 115 Å². The molecule has 2 rings (SSSR count). The van der Waals surface area contributed by atoms with Crippen LogP contribution in [0.25, 0.3) is 0 Å². The van der Waals surface area contributed by atoms with E-state index in [-0.39, 0.29) is 5.91 Å². The van der Waals surface area contributed by atoms with Crippen molar-refractivity contribution < 1.29 is 4.79 Å². The fourth-order valence-electron chi connectivity index (χ4n) is 2.67. The maximum atomic E-state index is 12.2. The van der Waals surface area contributed by atoms with Gasteiger partial charge in [0, 0.05) is 19.6 Å². The SMILES string of the molecule is CCC1CCN(C(=O)Cc2ccc(CN)cc2)CC1. The molecule has 0 unspecified atom stereocenters. The third-order valence-corrected chi connectivity index (χ3v) is 4.16. The van der Waals surface area contributed by atoms with E-state index in [0.29, 0.717) is 13.0 Å². The van der Waals surface area contributed by atoms with Crippen LogP contribution >= 0.6 is 0 Å². The maximum Gasteiger partial charge on any atom is 0.226 e. The van der Waals surface area contributed by atoms with Crippen molar-refractivity contribution in [1.29, 1.82) is 0 Å². The van der Waals surface area contributed by atoms with Gasteiger partial charge in [-0.25, -0.2) is 0 Å². The topological polar surface area (TPSA) is 46.3 Å². The number of piperidine rings is 1. The highest BCUT2D eigenvalue weighted by molar-refractivity contribution is 5.78. The number of benzene rings is 1. The molecule has 1 amide bonds. The first-order valence-electron chi connectivity index (χ1n) is 7.28. The molecule has 3 nitrogen and oxygen atoms in total. The Morgan fingerprint density at radius 3 is 2.32 bits per heavy atom. The molecule has 1 aliphatic heterocycles. The third kappa shape index (κ3) is 3.80. The largest absolute Gasteiger partial charge is 0.342 e. The first-order chi connectivity index (χ1) is 9.22. The summed E-state index contributed by atoms with van der Waals surface area (Å²) in [4.78, 5) is 14.2. The van der Waals surface area contributed by atoms with Crippen molar-refractivity contribution >= 4 is 5.91 Å². The van der Waals surface area contributed by atoms with E-state index in [1.807, 2.05) is 29.2 Å². The Morgan fingerprint density at radius 2 is 1.79 bits per heavy atom.